The standard InChI is InChI=1S/C12H16O4/c1-7-6-9-11(8(2)15-12(9)14)16-10(7)4-3-5-13/h3-4,6-8,10-11,13H,5H2,1-2H3/b4-3+/t7-,8+,10-,11-/m1/s1. The summed E-state index contributed by atoms with van der Waals surface area (Å²) < 4.78 is 10.9. The zero-order chi connectivity index (χ0) is 11.7. The molecule has 0 aromatic heterocycles. The second-order valence-corrected chi connectivity index (χ2v) is 4.22. The predicted octanol–water partition coefficient (Wildman–Crippen LogP) is 0.810. The monoisotopic (exact) mass is 224 g/mol. The van der Waals surface area contributed by atoms with Gasteiger partial charge in [0, 0.05) is 5.92 Å². The lowest BCUT2D eigenvalue weighted by Crippen LogP contribution is -2.35. The Bertz CT molecular complexity index is 345. The number of aliphatic hydroxyl groups is 1. The molecule has 0 spiro atoms. The molecule has 2 heterocycles. The van der Waals surface area contributed by atoms with E-state index in [9.17, 15) is 4.79 Å². The van der Waals surface area contributed by atoms with E-state index >= 15 is 0 Å². The Kier molecular flexibility index (Phi) is 3.12. The first-order chi connectivity index (χ1) is 7.63. The van der Waals surface area contributed by atoms with Crippen molar-refractivity contribution >= 4 is 5.97 Å². The Morgan fingerprint density at radius 1 is 1.50 bits per heavy atom. The van der Waals surface area contributed by atoms with Gasteiger partial charge >= 0.3 is 5.97 Å². The number of carbonyl (C=O) groups excluding carboxylic acids is 1. The van der Waals surface area contributed by atoms with E-state index in [0.717, 1.165) is 0 Å². The summed E-state index contributed by atoms with van der Waals surface area (Å²) in [5.41, 5.74) is 0.633. The summed E-state index contributed by atoms with van der Waals surface area (Å²) in [6.07, 6.45) is 4.80. The molecule has 1 saturated heterocycles. The maximum atomic E-state index is 11.5. The van der Waals surface area contributed by atoms with E-state index in [1.165, 1.54) is 0 Å². The molecule has 2 rings (SSSR count). The molecule has 2 aliphatic heterocycles. The van der Waals surface area contributed by atoms with Crippen molar-refractivity contribution in [3.8, 4) is 0 Å². The highest BCUT2D eigenvalue weighted by Crippen LogP contribution is 2.33. The fourth-order valence-corrected chi connectivity index (χ4v) is 2.10. The van der Waals surface area contributed by atoms with Gasteiger partial charge in [-0.25, -0.2) is 4.79 Å². The molecule has 0 aliphatic carbocycles. The first kappa shape index (κ1) is 11.4. The van der Waals surface area contributed by atoms with Crippen LogP contribution in [-0.4, -0.2) is 36.0 Å². The number of rotatable bonds is 2. The maximum absolute atomic E-state index is 11.5. The van der Waals surface area contributed by atoms with E-state index in [1.54, 1.807) is 6.08 Å². The van der Waals surface area contributed by atoms with Gasteiger partial charge in [-0.15, -0.1) is 0 Å². The lowest BCUT2D eigenvalue weighted by molar-refractivity contribution is -0.139. The van der Waals surface area contributed by atoms with Crippen LogP contribution in [0.1, 0.15) is 13.8 Å². The number of cyclic esters (lactones) is 1. The van der Waals surface area contributed by atoms with Gasteiger partial charge in [-0.1, -0.05) is 25.2 Å². The van der Waals surface area contributed by atoms with Crippen LogP contribution < -0.4 is 0 Å². The Morgan fingerprint density at radius 3 is 2.94 bits per heavy atom. The van der Waals surface area contributed by atoms with Crippen LogP contribution in [0.4, 0.5) is 0 Å². The normalized spacial score (nSPS) is 38.4. The van der Waals surface area contributed by atoms with Crippen molar-refractivity contribution in [2.75, 3.05) is 6.61 Å². The molecule has 0 unspecified atom stereocenters. The van der Waals surface area contributed by atoms with Crippen LogP contribution in [0.15, 0.2) is 23.8 Å². The molecule has 0 aromatic rings. The first-order valence-electron chi connectivity index (χ1n) is 5.49. The van der Waals surface area contributed by atoms with Crippen LogP contribution in [0.5, 0.6) is 0 Å². The summed E-state index contributed by atoms with van der Waals surface area (Å²) in [4.78, 5) is 11.5. The molecule has 0 aromatic carbocycles. The smallest absolute Gasteiger partial charge is 0.336 e. The van der Waals surface area contributed by atoms with Gasteiger partial charge in [-0.2, -0.15) is 0 Å². The van der Waals surface area contributed by atoms with Gasteiger partial charge in [0.1, 0.15) is 12.2 Å². The van der Waals surface area contributed by atoms with Crippen molar-refractivity contribution in [3.05, 3.63) is 23.8 Å². The molecule has 0 amide bonds. The van der Waals surface area contributed by atoms with Crippen molar-refractivity contribution in [3.63, 3.8) is 0 Å². The second kappa shape index (κ2) is 4.39. The van der Waals surface area contributed by atoms with E-state index in [1.807, 2.05) is 26.0 Å². The summed E-state index contributed by atoms with van der Waals surface area (Å²) in [6.45, 7) is 3.80. The topological polar surface area (TPSA) is 55.8 Å². The Morgan fingerprint density at radius 2 is 2.25 bits per heavy atom. The van der Waals surface area contributed by atoms with Crippen LogP contribution in [0.2, 0.25) is 0 Å². The molecule has 0 radical (unpaired) electrons. The quantitative estimate of drug-likeness (QED) is 0.557. The van der Waals surface area contributed by atoms with E-state index in [2.05, 4.69) is 0 Å². The molecule has 16 heavy (non-hydrogen) atoms. The molecular formula is C12H16O4. The molecule has 2 aliphatic rings. The fraction of sp³-hybridized carbons (Fsp3) is 0.583. The van der Waals surface area contributed by atoms with Crippen LogP contribution >= 0.6 is 0 Å². The second-order valence-electron chi connectivity index (χ2n) is 4.22. The molecule has 4 atom stereocenters. The minimum absolute atomic E-state index is 0.00119. The lowest BCUT2D eigenvalue weighted by atomic mass is 9.94. The summed E-state index contributed by atoms with van der Waals surface area (Å²) >= 11 is 0. The highest BCUT2D eigenvalue weighted by Gasteiger charge is 2.42. The average molecular weight is 224 g/mol. The molecular weight excluding hydrogens is 208 g/mol. The Hall–Kier alpha value is -1.13. The van der Waals surface area contributed by atoms with Gasteiger partial charge in [0.2, 0.25) is 0 Å². The van der Waals surface area contributed by atoms with Gasteiger partial charge in [0.15, 0.2) is 0 Å². The highest BCUT2D eigenvalue weighted by atomic mass is 16.6. The lowest BCUT2D eigenvalue weighted by Gasteiger charge is -2.29. The van der Waals surface area contributed by atoms with E-state index < -0.39 is 0 Å². The third kappa shape index (κ3) is 1.90. The van der Waals surface area contributed by atoms with E-state index in [4.69, 9.17) is 14.6 Å². The van der Waals surface area contributed by atoms with Crippen molar-refractivity contribution in [2.24, 2.45) is 5.92 Å². The van der Waals surface area contributed by atoms with Crippen molar-refractivity contribution in [1.82, 2.24) is 0 Å². The minimum atomic E-state index is -0.270. The third-order valence-electron chi connectivity index (χ3n) is 2.96. The molecule has 0 bridgehead atoms. The van der Waals surface area contributed by atoms with Gasteiger partial charge < -0.3 is 14.6 Å². The number of aliphatic hydroxyl groups excluding tert-OH is 1. The van der Waals surface area contributed by atoms with E-state index in [-0.39, 0.29) is 36.8 Å². The summed E-state index contributed by atoms with van der Waals surface area (Å²) in [5, 5.41) is 8.73. The summed E-state index contributed by atoms with van der Waals surface area (Å²) in [6, 6.07) is 0. The van der Waals surface area contributed by atoms with Gasteiger partial charge in [-0.05, 0) is 6.92 Å². The van der Waals surface area contributed by atoms with Crippen LogP contribution in [-0.2, 0) is 14.3 Å². The number of ether oxygens (including phenoxy) is 2. The average Bonchev–Trinajstić information content (AvgIpc) is 2.51. The zero-order valence-corrected chi connectivity index (χ0v) is 9.42. The van der Waals surface area contributed by atoms with Gasteiger partial charge in [-0.3, -0.25) is 0 Å². The van der Waals surface area contributed by atoms with Gasteiger partial charge in [0.05, 0.1) is 18.3 Å². The summed E-state index contributed by atoms with van der Waals surface area (Å²) in [5.74, 6) is -0.152. The number of hydrogen-bond acceptors (Lipinski definition) is 4. The number of carbonyl (C=O) groups is 1. The van der Waals surface area contributed by atoms with Crippen LogP contribution in [0.25, 0.3) is 0 Å². The van der Waals surface area contributed by atoms with Crippen LogP contribution in [0.3, 0.4) is 0 Å². The Balaban J connectivity index is 2.19. The largest absolute Gasteiger partial charge is 0.456 e. The highest BCUT2D eigenvalue weighted by molar-refractivity contribution is 5.92. The molecule has 88 valence electrons. The predicted molar refractivity (Wildman–Crippen MR) is 57.7 cm³/mol. The van der Waals surface area contributed by atoms with Gasteiger partial charge in [0.25, 0.3) is 0 Å². The molecule has 1 fully saturated rings. The number of esters is 1. The van der Waals surface area contributed by atoms with Crippen molar-refractivity contribution < 1.29 is 19.4 Å². The van der Waals surface area contributed by atoms with E-state index in [0.29, 0.717) is 5.57 Å². The van der Waals surface area contributed by atoms with Crippen LogP contribution in [0, 0.1) is 5.92 Å². The minimum Gasteiger partial charge on any atom is -0.456 e. The molecule has 4 heteroatoms. The van der Waals surface area contributed by atoms with Crippen molar-refractivity contribution in [2.45, 2.75) is 32.2 Å². The number of fused-ring (bicyclic) bond motifs is 1. The molecule has 0 saturated carbocycles. The molecule has 1 N–H and O–H groups in total. The third-order valence-corrected chi connectivity index (χ3v) is 2.96. The summed E-state index contributed by atoms with van der Waals surface area (Å²) in [7, 11) is 0. The number of hydrogen-bond donors (Lipinski definition) is 1. The Labute approximate surface area is 94.5 Å². The maximum Gasteiger partial charge on any atom is 0.336 e. The SMILES string of the molecule is C[C@@H]1C=C2C(=O)O[C@@H](C)[C@H]2O[C@@H]1/C=C/CO. The first-order valence-corrected chi connectivity index (χ1v) is 5.49. The fourth-order valence-electron chi connectivity index (χ4n) is 2.10. The molecule has 4 nitrogen and oxygen atoms in total. The van der Waals surface area contributed by atoms with Crippen molar-refractivity contribution in [1.29, 1.82) is 0 Å². The zero-order valence-electron chi connectivity index (χ0n) is 9.42.